The molecule has 0 aromatic carbocycles. The van der Waals surface area contributed by atoms with Gasteiger partial charge >= 0.3 is 0 Å². The first-order chi connectivity index (χ1) is 8.52. The van der Waals surface area contributed by atoms with Gasteiger partial charge in [-0.1, -0.05) is 0 Å². The minimum Gasteiger partial charge on any atom is -0.344 e. The van der Waals surface area contributed by atoms with E-state index in [2.05, 4.69) is 9.67 Å². The third-order valence-electron chi connectivity index (χ3n) is 3.09. The molecule has 0 amide bonds. The number of ketones is 1. The minimum atomic E-state index is -0.0257. The van der Waals surface area contributed by atoms with Gasteiger partial charge in [0.25, 0.3) is 0 Å². The molecule has 2 aromatic heterocycles. The summed E-state index contributed by atoms with van der Waals surface area (Å²) in [6.07, 6.45) is 3.81. The average Bonchev–Trinajstić information content (AvgIpc) is 2.87. The Morgan fingerprint density at radius 1 is 1.44 bits per heavy atom. The molecule has 0 saturated carbocycles. The van der Waals surface area contributed by atoms with Crippen molar-refractivity contribution >= 4 is 17.4 Å². The van der Waals surface area contributed by atoms with Gasteiger partial charge in [-0.3, -0.25) is 9.48 Å². The van der Waals surface area contributed by atoms with Crippen molar-refractivity contribution in [2.45, 2.75) is 20.4 Å². The molecule has 0 saturated heterocycles. The zero-order chi connectivity index (χ0) is 13.3. The van der Waals surface area contributed by atoms with Gasteiger partial charge in [0.1, 0.15) is 0 Å². The van der Waals surface area contributed by atoms with Crippen LogP contribution < -0.4 is 0 Å². The maximum absolute atomic E-state index is 11.7. The van der Waals surface area contributed by atoms with Gasteiger partial charge < -0.3 is 4.57 Å². The third kappa shape index (κ3) is 2.34. The number of alkyl halides is 1. The van der Waals surface area contributed by atoms with E-state index in [1.54, 1.807) is 4.68 Å². The summed E-state index contributed by atoms with van der Waals surface area (Å²) in [7, 11) is 1.89. The molecule has 4 nitrogen and oxygen atoms in total. The molecule has 2 rings (SSSR count). The summed E-state index contributed by atoms with van der Waals surface area (Å²) in [6.45, 7) is 4.67. The number of Topliss-reactive ketones (excluding diaryl/α,β-unsaturated/α-hetero) is 1. The summed E-state index contributed by atoms with van der Waals surface area (Å²) >= 11 is 5.61. The maximum atomic E-state index is 11.7. The highest BCUT2D eigenvalue weighted by molar-refractivity contribution is 6.30. The van der Waals surface area contributed by atoms with E-state index in [9.17, 15) is 4.79 Å². The highest BCUT2D eigenvalue weighted by Gasteiger charge is 2.15. The normalized spacial score (nSPS) is 10.9. The van der Waals surface area contributed by atoms with Gasteiger partial charge in [0.15, 0.2) is 5.78 Å². The molecule has 0 aliphatic carbocycles. The topological polar surface area (TPSA) is 39.8 Å². The fourth-order valence-corrected chi connectivity index (χ4v) is 2.28. The molecule has 0 bridgehead atoms. The van der Waals surface area contributed by atoms with Gasteiger partial charge in [0, 0.05) is 35.8 Å². The molecule has 0 radical (unpaired) electrons. The SMILES string of the molecule is Cc1cc(C(=O)CCl)c(C)n1Cc1cnn(C)c1. The van der Waals surface area contributed by atoms with Crippen LogP contribution in [0.15, 0.2) is 18.5 Å². The molecule has 0 spiro atoms. The molecule has 0 aliphatic rings. The second-order valence-corrected chi connectivity index (χ2v) is 4.72. The summed E-state index contributed by atoms with van der Waals surface area (Å²) < 4.78 is 3.88. The molecule has 96 valence electrons. The molecule has 18 heavy (non-hydrogen) atoms. The molecular formula is C13H16ClN3O. The van der Waals surface area contributed by atoms with Crippen LogP contribution >= 0.6 is 11.6 Å². The third-order valence-corrected chi connectivity index (χ3v) is 3.34. The Labute approximate surface area is 111 Å². The van der Waals surface area contributed by atoms with Crippen LogP contribution in [-0.4, -0.2) is 26.0 Å². The van der Waals surface area contributed by atoms with Crippen LogP contribution in [-0.2, 0) is 13.6 Å². The Hall–Kier alpha value is -1.55. The monoisotopic (exact) mass is 265 g/mol. The van der Waals surface area contributed by atoms with Crippen LogP contribution in [0.1, 0.15) is 27.3 Å². The Kier molecular flexibility index (Phi) is 3.57. The Balaban J connectivity index is 2.34. The van der Waals surface area contributed by atoms with Crippen molar-refractivity contribution in [3.05, 3.63) is 41.0 Å². The number of hydrogen-bond donors (Lipinski definition) is 0. The highest BCUT2D eigenvalue weighted by Crippen LogP contribution is 2.17. The Morgan fingerprint density at radius 2 is 2.17 bits per heavy atom. The number of carbonyl (C=O) groups excluding carboxylic acids is 1. The number of aromatic nitrogens is 3. The smallest absolute Gasteiger partial charge is 0.179 e. The van der Waals surface area contributed by atoms with Gasteiger partial charge in [0.2, 0.25) is 0 Å². The van der Waals surface area contributed by atoms with E-state index in [4.69, 9.17) is 11.6 Å². The number of carbonyl (C=O) groups is 1. The van der Waals surface area contributed by atoms with Crippen molar-refractivity contribution in [2.75, 3.05) is 5.88 Å². The van der Waals surface area contributed by atoms with Crippen LogP contribution in [0.5, 0.6) is 0 Å². The van der Waals surface area contributed by atoms with Crippen LogP contribution in [0.4, 0.5) is 0 Å². The number of nitrogens with zero attached hydrogens (tertiary/aromatic N) is 3. The van der Waals surface area contributed by atoms with Crippen LogP contribution in [0.3, 0.4) is 0 Å². The van der Waals surface area contributed by atoms with E-state index >= 15 is 0 Å². The lowest BCUT2D eigenvalue weighted by atomic mass is 10.2. The molecule has 0 atom stereocenters. The quantitative estimate of drug-likeness (QED) is 0.629. The summed E-state index contributed by atoms with van der Waals surface area (Å²) in [5.41, 5.74) is 3.85. The first kappa shape index (κ1) is 12.9. The van der Waals surface area contributed by atoms with Crippen molar-refractivity contribution in [3.63, 3.8) is 0 Å². The molecule has 0 fully saturated rings. The second-order valence-electron chi connectivity index (χ2n) is 4.45. The standard InChI is InChI=1S/C13H16ClN3O/c1-9-4-12(13(18)5-14)10(2)17(9)8-11-6-15-16(3)7-11/h4,6-7H,5,8H2,1-3H3. The Bertz CT molecular complexity index is 583. The van der Waals surface area contributed by atoms with Crippen molar-refractivity contribution < 1.29 is 4.79 Å². The van der Waals surface area contributed by atoms with Crippen LogP contribution in [0.25, 0.3) is 0 Å². The van der Waals surface area contributed by atoms with Gasteiger partial charge in [-0.05, 0) is 19.9 Å². The predicted molar refractivity (Wildman–Crippen MR) is 71.3 cm³/mol. The predicted octanol–water partition coefficient (Wildman–Crippen LogP) is 2.31. The van der Waals surface area contributed by atoms with Crippen LogP contribution in [0.2, 0.25) is 0 Å². The highest BCUT2D eigenvalue weighted by atomic mass is 35.5. The van der Waals surface area contributed by atoms with Gasteiger partial charge in [0.05, 0.1) is 18.6 Å². The average molecular weight is 266 g/mol. The van der Waals surface area contributed by atoms with E-state index < -0.39 is 0 Å². The lowest BCUT2D eigenvalue weighted by molar-refractivity contribution is 0.102. The number of aryl methyl sites for hydroxylation is 2. The molecule has 2 aromatic rings. The van der Waals surface area contributed by atoms with Crippen molar-refractivity contribution in [2.24, 2.45) is 7.05 Å². The van der Waals surface area contributed by atoms with Crippen molar-refractivity contribution in [1.82, 2.24) is 14.3 Å². The van der Waals surface area contributed by atoms with E-state index in [1.165, 1.54) is 0 Å². The van der Waals surface area contributed by atoms with E-state index in [0.29, 0.717) is 5.56 Å². The largest absolute Gasteiger partial charge is 0.344 e. The van der Waals surface area contributed by atoms with Gasteiger partial charge in [-0.25, -0.2) is 0 Å². The molecule has 0 N–H and O–H groups in total. The Morgan fingerprint density at radius 3 is 2.72 bits per heavy atom. The fourth-order valence-electron chi connectivity index (χ4n) is 2.13. The van der Waals surface area contributed by atoms with E-state index in [0.717, 1.165) is 23.5 Å². The van der Waals surface area contributed by atoms with E-state index in [1.807, 2.05) is 39.4 Å². The van der Waals surface area contributed by atoms with Crippen molar-refractivity contribution in [3.8, 4) is 0 Å². The molecule has 5 heteroatoms. The number of halogens is 1. The zero-order valence-electron chi connectivity index (χ0n) is 10.8. The number of rotatable bonds is 4. The first-order valence-electron chi connectivity index (χ1n) is 5.76. The molecule has 2 heterocycles. The lowest BCUT2D eigenvalue weighted by Gasteiger charge is -2.07. The molecule has 0 unspecified atom stereocenters. The first-order valence-corrected chi connectivity index (χ1v) is 6.29. The van der Waals surface area contributed by atoms with Crippen LogP contribution in [0, 0.1) is 13.8 Å². The minimum absolute atomic E-state index is 0.0250. The second kappa shape index (κ2) is 4.98. The fraction of sp³-hybridized carbons (Fsp3) is 0.385. The summed E-state index contributed by atoms with van der Waals surface area (Å²) in [4.78, 5) is 11.7. The number of hydrogen-bond acceptors (Lipinski definition) is 2. The van der Waals surface area contributed by atoms with Crippen molar-refractivity contribution in [1.29, 1.82) is 0 Å². The zero-order valence-corrected chi connectivity index (χ0v) is 11.5. The summed E-state index contributed by atoms with van der Waals surface area (Å²) in [5, 5.41) is 4.15. The van der Waals surface area contributed by atoms with Gasteiger partial charge in [-0.15, -0.1) is 11.6 Å². The molecule has 0 aliphatic heterocycles. The molecular weight excluding hydrogens is 250 g/mol. The van der Waals surface area contributed by atoms with Gasteiger partial charge in [-0.2, -0.15) is 5.10 Å². The maximum Gasteiger partial charge on any atom is 0.179 e. The summed E-state index contributed by atoms with van der Waals surface area (Å²) in [6, 6.07) is 1.90. The lowest BCUT2D eigenvalue weighted by Crippen LogP contribution is -2.06. The van der Waals surface area contributed by atoms with E-state index in [-0.39, 0.29) is 11.7 Å². The summed E-state index contributed by atoms with van der Waals surface area (Å²) in [5.74, 6) is -0.000752.